The lowest BCUT2D eigenvalue weighted by Crippen LogP contribution is -2.38. The molecule has 1 aliphatic heterocycles. The Hall–Kier alpha value is -3.07. The number of nitrogens with one attached hydrogen (secondary N) is 1. The maximum atomic E-state index is 12.9. The lowest BCUT2D eigenvalue weighted by Gasteiger charge is -2.27. The average molecular weight is 453 g/mol. The fourth-order valence-corrected chi connectivity index (χ4v) is 3.65. The van der Waals surface area contributed by atoms with E-state index in [4.69, 9.17) is 17.3 Å². The summed E-state index contributed by atoms with van der Waals surface area (Å²) in [7, 11) is 0. The molecule has 0 radical (unpaired) electrons. The van der Waals surface area contributed by atoms with Gasteiger partial charge in [-0.05, 0) is 54.3 Å². The molecule has 6 nitrogen and oxygen atoms in total. The van der Waals surface area contributed by atoms with Crippen LogP contribution in [-0.2, 0) is 17.4 Å². The first-order valence-corrected chi connectivity index (χ1v) is 9.78. The smallest absolute Gasteiger partial charge is 0.369 e. The van der Waals surface area contributed by atoms with Crippen LogP contribution in [0.4, 0.5) is 23.7 Å². The van der Waals surface area contributed by atoms with Gasteiger partial charge < -0.3 is 16.0 Å². The van der Waals surface area contributed by atoms with Crippen molar-refractivity contribution in [1.29, 1.82) is 0 Å². The number of amides is 3. The van der Waals surface area contributed by atoms with Gasteiger partial charge in [0.2, 0.25) is 5.91 Å². The molecule has 3 amide bonds. The number of hydrogen-bond donors (Lipinski definition) is 2. The van der Waals surface area contributed by atoms with E-state index in [2.05, 4.69) is 10.3 Å². The Bertz CT molecular complexity index is 1050. The zero-order valence-corrected chi connectivity index (χ0v) is 17.3. The SMILES string of the molecule is Cc1cc(NC(=O)N2CC=C(c3ncc(CC(N)=O)cc3Cl)CC2)ccc1C(F)(F)F. The summed E-state index contributed by atoms with van der Waals surface area (Å²) in [5.41, 5.74) is 6.83. The molecule has 164 valence electrons. The number of halogens is 4. The summed E-state index contributed by atoms with van der Waals surface area (Å²) in [4.78, 5) is 29.4. The minimum atomic E-state index is -4.44. The zero-order chi connectivity index (χ0) is 22.8. The highest BCUT2D eigenvalue weighted by Crippen LogP contribution is 2.33. The van der Waals surface area contributed by atoms with Crippen molar-refractivity contribution in [2.24, 2.45) is 5.73 Å². The Kier molecular flexibility index (Phi) is 6.54. The number of rotatable bonds is 4. The van der Waals surface area contributed by atoms with Crippen molar-refractivity contribution in [2.75, 3.05) is 18.4 Å². The van der Waals surface area contributed by atoms with E-state index in [1.807, 2.05) is 6.08 Å². The van der Waals surface area contributed by atoms with E-state index in [0.717, 1.165) is 11.6 Å². The monoisotopic (exact) mass is 452 g/mol. The molecule has 2 heterocycles. The predicted octanol–water partition coefficient (Wildman–Crippen LogP) is 4.41. The van der Waals surface area contributed by atoms with Gasteiger partial charge in [-0.3, -0.25) is 9.78 Å². The third-order valence-corrected chi connectivity index (χ3v) is 5.15. The molecule has 0 spiro atoms. The lowest BCUT2D eigenvalue weighted by molar-refractivity contribution is -0.138. The molecule has 0 saturated carbocycles. The molecule has 0 fully saturated rings. The third kappa shape index (κ3) is 5.55. The van der Waals surface area contributed by atoms with Gasteiger partial charge in [0, 0.05) is 25.0 Å². The molecule has 0 unspecified atom stereocenters. The van der Waals surface area contributed by atoms with Crippen molar-refractivity contribution in [2.45, 2.75) is 25.9 Å². The number of urea groups is 1. The number of pyridine rings is 1. The number of nitrogens with zero attached hydrogens (tertiary/aromatic N) is 2. The number of nitrogens with two attached hydrogens (primary N) is 1. The van der Waals surface area contributed by atoms with Crippen LogP contribution in [0.15, 0.2) is 36.5 Å². The van der Waals surface area contributed by atoms with E-state index >= 15 is 0 Å². The number of carbonyl (C=O) groups excluding carboxylic acids is 2. The van der Waals surface area contributed by atoms with Crippen molar-refractivity contribution in [3.8, 4) is 0 Å². The maximum Gasteiger partial charge on any atom is 0.416 e. The molecular formula is C21H20ClF3N4O2. The highest BCUT2D eigenvalue weighted by atomic mass is 35.5. The first-order valence-electron chi connectivity index (χ1n) is 9.40. The van der Waals surface area contributed by atoms with Crippen molar-refractivity contribution in [3.63, 3.8) is 0 Å². The van der Waals surface area contributed by atoms with Crippen LogP contribution in [0.5, 0.6) is 0 Å². The van der Waals surface area contributed by atoms with Crippen molar-refractivity contribution >= 4 is 34.8 Å². The number of benzene rings is 1. The molecule has 10 heteroatoms. The summed E-state index contributed by atoms with van der Waals surface area (Å²) in [5.74, 6) is -0.479. The molecule has 0 saturated heterocycles. The number of hydrogen-bond acceptors (Lipinski definition) is 3. The molecule has 3 rings (SSSR count). The molecule has 1 aromatic carbocycles. The van der Waals surface area contributed by atoms with Gasteiger partial charge in [0.25, 0.3) is 0 Å². The highest BCUT2D eigenvalue weighted by molar-refractivity contribution is 6.32. The first-order chi connectivity index (χ1) is 14.5. The van der Waals surface area contributed by atoms with Gasteiger partial charge in [0.05, 0.1) is 22.7 Å². The molecular weight excluding hydrogens is 433 g/mol. The van der Waals surface area contributed by atoms with E-state index in [0.29, 0.717) is 41.5 Å². The largest absolute Gasteiger partial charge is 0.416 e. The van der Waals surface area contributed by atoms with Gasteiger partial charge in [-0.1, -0.05) is 17.7 Å². The summed E-state index contributed by atoms with van der Waals surface area (Å²) in [6, 6.07) is 4.71. The summed E-state index contributed by atoms with van der Waals surface area (Å²) in [6.07, 6.45) is -0.527. The number of anilines is 1. The quantitative estimate of drug-likeness (QED) is 0.720. The molecule has 0 bridgehead atoms. The lowest BCUT2D eigenvalue weighted by atomic mass is 10.0. The van der Waals surface area contributed by atoms with Crippen LogP contribution >= 0.6 is 11.6 Å². The summed E-state index contributed by atoms with van der Waals surface area (Å²) in [6.45, 7) is 2.03. The van der Waals surface area contributed by atoms with E-state index < -0.39 is 23.7 Å². The van der Waals surface area contributed by atoms with E-state index in [9.17, 15) is 22.8 Å². The van der Waals surface area contributed by atoms with Crippen molar-refractivity contribution < 1.29 is 22.8 Å². The molecule has 2 aromatic rings. The Balaban J connectivity index is 1.65. The summed E-state index contributed by atoms with van der Waals surface area (Å²) < 4.78 is 38.6. The van der Waals surface area contributed by atoms with E-state index in [1.165, 1.54) is 24.0 Å². The minimum absolute atomic E-state index is 0.0339. The Morgan fingerprint density at radius 3 is 2.58 bits per heavy atom. The minimum Gasteiger partial charge on any atom is -0.369 e. The Morgan fingerprint density at radius 1 is 1.29 bits per heavy atom. The van der Waals surface area contributed by atoms with Crippen LogP contribution in [0.1, 0.15) is 28.8 Å². The number of carbonyl (C=O) groups is 2. The second-order valence-electron chi connectivity index (χ2n) is 7.20. The van der Waals surface area contributed by atoms with Crippen LogP contribution in [0.2, 0.25) is 5.02 Å². The van der Waals surface area contributed by atoms with Crippen LogP contribution < -0.4 is 11.1 Å². The van der Waals surface area contributed by atoms with Crippen molar-refractivity contribution in [1.82, 2.24) is 9.88 Å². The van der Waals surface area contributed by atoms with Gasteiger partial charge in [0.1, 0.15) is 0 Å². The average Bonchev–Trinajstić information content (AvgIpc) is 2.67. The topological polar surface area (TPSA) is 88.3 Å². The summed E-state index contributed by atoms with van der Waals surface area (Å²) >= 11 is 6.28. The fourth-order valence-electron chi connectivity index (χ4n) is 3.34. The maximum absolute atomic E-state index is 12.9. The molecule has 1 aromatic heterocycles. The molecule has 31 heavy (non-hydrogen) atoms. The van der Waals surface area contributed by atoms with E-state index in [1.54, 1.807) is 12.3 Å². The molecule has 0 aliphatic carbocycles. The first kappa shape index (κ1) is 22.6. The number of aryl methyl sites for hydroxylation is 1. The molecule has 1 aliphatic rings. The number of aromatic nitrogens is 1. The summed E-state index contributed by atoms with van der Waals surface area (Å²) in [5, 5.41) is 3.02. The van der Waals surface area contributed by atoms with Gasteiger partial charge in [-0.25, -0.2) is 4.79 Å². The predicted molar refractivity (Wildman–Crippen MR) is 112 cm³/mol. The van der Waals surface area contributed by atoms with Crippen LogP contribution in [0.25, 0.3) is 5.57 Å². The van der Waals surface area contributed by atoms with Gasteiger partial charge in [-0.15, -0.1) is 0 Å². The number of alkyl halides is 3. The van der Waals surface area contributed by atoms with Gasteiger partial charge >= 0.3 is 12.2 Å². The Morgan fingerprint density at radius 2 is 2.03 bits per heavy atom. The normalized spacial score (nSPS) is 14.2. The van der Waals surface area contributed by atoms with Gasteiger partial charge in [-0.2, -0.15) is 13.2 Å². The third-order valence-electron chi connectivity index (χ3n) is 4.86. The molecule has 0 atom stereocenters. The second-order valence-corrected chi connectivity index (χ2v) is 7.61. The second kappa shape index (κ2) is 8.97. The number of primary amides is 1. The zero-order valence-electron chi connectivity index (χ0n) is 16.6. The van der Waals surface area contributed by atoms with Gasteiger partial charge in [0.15, 0.2) is 0 Å². The molecule has 3 N–H and O–H groups in total. The van der Waals surface area contributed by atoms with E-state index in [-0.39, 0.29) is 12.0 Å². The standard InChI is InChI=1S/C21H20ClF3N4O2/c1-12-8-15(2-3-16(12)21(23,24)25)28-20(31)29-6-4-14(5-7-29)19-17(22)9-13(11-27-19)10-18(26)30/h2-4,8-9,11H,5-7,10H2,1H3,(H2,26,30)(H,28,31). The fraction of sp³-hybridized carbons (Fsp3) is 0.286. The van der Waals surface area contributed by atoms with Crippen LogP contribution in [0, 0.1) is 6.92 Å². The Labute approximate surface area is 181 Å². The van der Waals surface area contributed by atoms with Crippen LogP contribution in [-0.4, -0.2) is 34.9 Å². The van der Waals surface area contributed by atoms with Crippen molar-refractivity contribution in [3.05, 3.63) is 63.9 Å². The van der Waals surface area contributed by atoms with Crippen LogP contribution in [0.3, 0.4) is 0 Å². The highest BCUT2D eigenvalue weighted by Gasteiger charge is 2.32.